The number of ether oxygens (including phenoxy) is 3. The fourth-order valence-electron chi connectivity index (χ4n) is 3.34. The van der Waals surface area contributed by atoms with Gasteiger partial charge in [0, 0.05) is 38.6 Å². The second-order valence-electron chi connectivity index (χ2n) is 7.57. The molecular formula is C24H34N2O5S. The molecule has 2 amide bonds. The van der Waals surface area contributed by atoms with Gasteiger partial charge in [0.1, 0.15) is 0 Å². The Bertz CT molecular complexity index is 883. The topological polar surface area (TPSA) is 68.3 Å². The Kier molecular flexibility index (Phi) is 10.5. The molecule has 0 saturated heterocycles. The fraction of sp³-hybridized carbons (Fsp3) is 0.500. The van der Waals surface area contributed by atoms with Crippen molar-refractivity contribution in [3.63, 3.8) is 0 Å². The second-order valence-corrected chi connectivity index (χ2v) is 8.57. The smallest absolute Gasteiger partial charge is 0.242 e. The summed E-state index contributed by atoms with van der Waals surface area (Å²) in [4.78, 5) is 29.9. The fourth-order valence-corrected chi connectivity index (χ4v) is 4.26. The summed E-state index contributed by atoms with van der Waals surface area (Å²) in [5.74, 6) is 1.16. The summed E-state index contributed by atoms with van der Waals surface area (Å²) in [5, 5.41) is 2.04. The molecule has 1 heterocycles. The molecule has 0 unspecified atom stereocenters. The van der Waals surface area contributed by atoms with Gasteiger partial charge in [0.2, 0.25) is 11.8 Å². The van der Waals surface area contributed by atoms with Gasteiger partial charge in [-0.1, -0.05) is 6.07 Å². The Morgan fingerprint density at radius 2 is 1.75 bits per heavy atom. The third-order valence-corrected chi connectivity index (χ3v) is 6.33. The number of aryl methyl sites for hydroxylation is 1. The highest BCUT2D eigenvalue weighted by Gasteiger charge is 2.20. The lowest BCUT2D eigenvalue weighted by Crippen LogP contribution is -2.43. The monoisotopic (exact) mass is 462 g/mol. The molecule has 0 aliphatic rings. The Morgan fingerprint density at radius 3 is 2.34 bits per heavy atom. The number of carbonyl (C=O) groups excluding carboxylic acids is 2. The van der Waals surface area contributed by atoms with Gasteiger partial charge in [0.25, 0.3) is 0 Å². The molecule has 1 aromatic carbocycles. The van der Waals surface area contributed by atoms with Gasteiger partial charge in [-0.05, 0) is 54.5 Å². The largest absolute Gasteiger partial charge is 0.493 e. The number of methoxy groups -OCH3 is 3. The summed E-state index contributed by atoms with van der Waals surface area (Å²) in [6.07, 6.45) is 1.36. The molecule has 0 aliphatic heterocycles. The predicted octanol–water partition coefficient (Wildman–Crippen LogP) is 3.53. The van der Waals surface area contributed by atoms with E-state index in [0.29, 0.717) is 50.6 Å². The van der Waals surface area contributed by atoms with Crippen LogP contribution in [-0.2, 0) is 27.3 Å². The van der Waals surface area contributed by atoms with Crippen molar-refractivity contribution in [1.29, 1.82) is 0 Å². The van der Waals surface area contributed by atoms with Crippen LogP contribution in [0.1, 0.15) is 29.3 Å². The van der Waals surface area contributed by atoms with Gasteiger partial charge in [-0.3, -0.25) is 9.59 Å². The first-order chi connectivity index (χ1) is 15.4. The van der Waals surface area contributed by atoms with Gasteiger partial charge >= 0.3 is 0 Å². The highest BCUT2D eigenvalue weighted by Crippen LogP contribution is 2.28. The predicted molar refractivity (Wildman–Crippen MR) is 126 cm³/mol. The highest BCUT2D eigenvalue weighted by molar-refractivity contribution is 7.10. The molecule has 0 radical (unpaired) electrons. The minimum absolute atomic E-state index is 0.0640. The van der Waals surface area contributed by atoms with Crippen LogP contribution in [0.15, 0.2) is 29.6 Å². The number of carbonyl (C=O) groups is 2. The third kappa shape index (κ3) is 7.53. The van der Waals surface area contributed by atoms with Gasteiger partial charge in [-0.2, -0.15) is 0 Å². The summed E-state index contributed by atoms with van der Waals surface area (Å²) in [5.41, 5.74) is 2.22. The second kappa shape index (κ2) is 13.1. The van der Waals surface area contributed by atoms with E-state index in [4.69, 9.17) is 14.2 Å². The van der Waals surface area contributed by atoms with Crippen molar-refractivity contribution in [2.45, 2.75) is 33.2 Å². The van der Waals surface area contributed by atoms with Crippen LogP contribution in [0.25, 0.3) is 0 Å². The van der Waals surface area contributed by atoms with Crippen LogP contribution in [0.3, 0.4) is 0 Å². The number of hydrogen-bond acceptors (Lipinski definition) is 6. The van der Waals surface area contributed by atoms with Crippen molar-refractivity contribution in [2.75, 3.05) is 47.6 Å². The molecule has 2 rings (SSSR count). The Labute approximate surface area is 194 Å². The average molecular weight is 463 g/mol. The van der Waals surface area contributed by atoms with E-state index in [1.165, 1.54) is 12.5 Å². The van der Waals surface area contributed by atoms with Crippen molar-refractivity contribution in [1.82, 2.24) is 9.80 Å². The van der Waals surface area contributed by atoms with E-state index >= 15 is 0 Å². The third-order valence-electron chi connectivity index (χ3n) is 5.32. The van der Waals surface area contributed by atoms with Crippen LogP contribution < -0.4 is 9.47 Å². The van der Waals surface area contributed by atoms with Crippen LogP contribution in [0, 0.1) is 6.92 Å². The molecule has 2 aromatic rings. The summed E-state index contributed by atoms with van der Waals surface area (Å²) in [6, 6.07) is 7.85. The van der Waals surface area contributed by atoms with Crippen molar-refractivity contribution in [2.24, 2.45) is 0 Å². The van der Waals surface area contributed by atoms with E-state index in [2.05, 4.69) is 13.0 Å². The lowest BCUT2D eigenvalue weighted by molar-refractivity contribution is -0.139. The normalized spacial score (nSPS) is 10.7. The maximum atomic E-state index is 13.2. The molecule has 0 aliphatic carbocycles. The lowest BCUT2D eigenvalue weighted by Gasteiger charge is -2.27. The van der Waals surface area contributed by atoms with Crippen LogP contribution in [-0.4, -0.2) is 69.2 Å². The summed E-state index contributed by atoms with van der Waals surface area (Å²) < 4.78 is 15.8. The molecule has 0 N–H and O–H groups in total. The number of rotatable bonds is 13. The first kappa shape index (κ1) is 25.7. The average Bonchev–Trinajstić information content (AvgIpc) is 3.19. The first-order valence-electron chi connectivity index (χ1n) is 10.7. The zero-order valence-electron chi connectivity index (χ0n) is 19.7. The number of nitrogens with zero attached hydrogens (tertiary/aromatic N) is 2. The summed E-state index contributed by atoms with van der Waals surface area (Å²) in [6.45, 7) is 5.73. The van der Waals surface area contributed by atoms with Crippen molar-refractivity contribution < 1.29 is 23.8 Å². The lowest BCUT2D eigenvalue weighted by atomic mass is 10.1. The molecule has 176 valence electrons. The molecule has 0 saturated carbocycles. The maximum absolute atomic E-state index is 13.2. The summed E-state index contributed by atoms with van der Waals surface area (Å²) in [7, 11) is 4.84. The van der Waals surface area contributed by atoms with Crippen LogP contribution >= 0.6 is 11.3 Å². The van der Waals surface area contributed by atoms with Gasteiger partial charge in [0.05, 0.1) is 27.3 Å². The minimum atomic E-state index is -0.110. The zero-order valence-corrected chi connectivity index (χ0v) is 20.5. The number of thiophene rings is 1. The number of benzene rings is 1. The summed E-state index contributed by atoms with van der Waals surface area (Å²) >= 11 is 1.64. The van der Waals surface area contributed by atoms with E-state index in [9.17, 15) is 9.59 Å². The quantitative estimate of drug-likeness (QED) is 0.426. The minimum Gasteiger partial charge on any atom is -0.493 e. The van der Waals surface area contributed by atoms with Crippen molar-refractivity contribution in [3.8, 4) is 11.5 Å². The molecule has 0 fully saturated rings. The van der Waals surface area contributed by atoms with E-state index in [1.54, 1.807) is 37.6 Å². The van der Waals surface area contributed by atoms with E-state index in [-0.39, 0.29) is 18.4 Å². The van der Waals surface area contributed by atoms with E-state index < -0.39 is 0 Å². The Balaban J connectivity index is 2.13. The van der Waals surface area contributed by atoms with Gasteiger partial charge < -0.3 is 24.0 Å². The van der Waals surface area contributed by atoms with Crippen molar-refractivity contribution in [3.05, 3.63) is 45.6 Å². The Hall–Kier alpha value is -2.58. The molecule has 0 spiro atoms. The molecule has 8 heteroatoms. The van der Waals surface area contributed by atoms with Gasteiger partial charge in [-0.25, -0.2) is 0 Å². The van der Waals surface area contributed by atoms with Gasteiger partial charge in [-0.15, -0.1) is 11.3 Å². The highest BCUT2D eigenvalue weighted by atomic mass is 32.1. The molecular weight excluding hydrogens is 428 g/mol. The van der Waals surface area contributed by atoms with E-state index in [0.717, 1.165) is 10.4 Å². The van der Waals surface area contributed by atoms with Crippen LogP contribution in [0.5, 0.6) is 11.5 Å². The SMILES string of the molecule is COCCCN(CC(=O)N(CCc1ccc(OC)c(OC)c1)Cc1sccc1C)C(C)=O. The van der Waals surface area contributed by atoms with E-state index in [1.807, 2.05) is 28.5 Å². The molecule has 7 nitrogen and oxygen atoms in total. The molecule has 0 bridgehead atoms. The molecule has 0 atom stereocenters. The van der Waals surface area contributed by atoms with Crippen molar-refractivity contribution >= 4 is 23.2 Å². The molecule has 32 heavy (non-hydrogen) atoms. The molecule has 1 aromatic heterocycles. The van der Waals surface area contributed by atoms with Crippen LogP contribution in [0.4, 0.5) is 0 Å². The Morgan fingerprint density at radius 1 is 1.00 bits per heavy atom. The van der Waals surface area contributed by atoms with Gasteiger partial charge in [0.15, 0.2) is 11.5 Å². The first-order valence-corrected chi connectivity index (χ1v) is 11.5. The standard InChI is InChI=1S/C24H34N2O5S/c1-18-10-14-32-23(18)16-26(24(28)17-25(19(2)27)11-6-13-29-3)12-9-20-7-8-21(30-4)22(15-20)31-5/h7-8,10,14-15H,6,9,11-13,16-17H2,1-5H3. The maximum Gasteiger partial charge on any atom is 0.242 e. The van der Waals surface area contributed by atoms with Crippen LogP contribution in [0.2, 0.25) is 0 Å². The number of hydrogen-bond donors (Lipinski definition) is 0. The number of amides is 2. The zero-order chi connectivity index (χ0) is 23.5.